The van der Waals surface area contributed by atoms with Crippen molar-refractivity contribution in [3.8, 4) is 0 Å². The molecule has 7 nitrogen and oxygen atoms in total. The van der Waals surface area contributed by atoms with Crippen molar-refractivity contribution in [1.82, 2.24) is 10.2 Å². The van der Waals surface area contributed by atoms with Gasteiger partial charge in [-0.2, -0.15) is 0 Å². The van der Waals surface area contributed by atoms with Gasteiger partial charge in [0.15, 0.2) is 6.61 Å². The monoisotopic (exact) mass is 332 g/mol. The summed E-state index contributed by atoms with van der Waals surface area (Å²) in [5.41, 5.74) is 0.340. The molecule has 0 unspecified atom stereocenters. The molecular formula is C17H20N2O5. The molecule has 1 aliphatic rings. The van der Waals surface area contributed by atoms with Crippen molar-refractivity contribution in [2.24, 2.45) is 0 Å². The van der Waals surface area contributed by atoms with Crippen molar-refractivity contribution in [2.75, 3.05) is 19.7 Å². The molecule has 0 aromatic heterocycles. The first-order valence-electron chi connectivity index (χ1n) is 7.89. The summed E-state index contributed by atoms with van der Waals surface area (Å²) in [6.07, 6.45) is 3.07. The Bertz CT molecular complexity index is 615. The molecule has 0 aliphatic carbocycles. The van der Waals surface area contributed by atoms with Crippen LogP contribution in [0.15, 0.2) is 30.3 Å². The molecule has 0 bridgehead atoms. The van der Waals surface area contributed by atoms with Crippen molar-refractivity contribution in [2.45, 2.75) is 25.7 Å². The fraction of sp³-hybridized carbons (Fsp3) is 0.412. The van der Waals surface area contributed by atoms with Gasteiger partial charge in [0.1, 0.15) is 6.54 Å². The van der Waals surface area contributed by atoms with Crippen LogP contribution in [-0.4, -0.2) is 48.3 Å². The van der Waals surface area contributed by atoms with Crippen LogP contribution in [0, 0.1) is 0 Å². The first-order valence-corrected chi connectivity index (χ1v) is 7.89. The zero-order chi connectivity index (χ0) is 17.4. The predicted octanol–water partition coefficient (Wildman–Crippen LogP) is 0.889. The maximum Gasteiger partial charge on any atom is 0.326 e. The van der Waals surface area contributed by atoms with E-state index in [-0.39, 0.29) is 12.5 Å². The second-order valence-corrected chi connectivity index (χ2v) is 5.53. The van der Waals surface area contributed by atoms with Gasteiger partial charge in [-0.05, 0) is 25.0 Å². The standard InChI is InChI=1S/C17H20N2O5/c20-14(18-17(23)13-7-3-1-4-8-13)12-24-16(22)11-19-10-6-2-5-9-15(19)21/h1,3-4,7-8H,2,5-6,9-12H2,(H,18,20,23). The van der Waals surface area contributed by atoms with Crippen molar-refractivity contribution >= 4 is 23.7 Å². The number of imide groups is 1. The van der Waals surface area contributed by atoms with Crippen LogP contribution >= 0.6 is 0 Å². The van der Waals surface area contributed by atoms with E-state index >= 15 is 0 Å². The number of esters is 1. The number of likely N-dealkylation sites (tertiary alicyclic amines) is 1. The lowest BCUT2D eigenvalue weighted by molar-refractivity contribution is -0.152. The number of hydrogen-bond acceptors (Lipinski definition) is 5. The number of carbonyl (C=O) groups is 4. The molecule has 3 amide bonds. The molecule has 24 heavy (non-hydrogen) atoms. The first-order chi connectivity index (χ1) is 11.6. The maximum atomic E-state index is 11.8. The second-order valence-electron chi connectivity index (χ2n) is 5.53. The third kappa shape index (κ3) is 5.49. The number of hydrogen-bond donors (Lipinski definition) is 1. The molecule has 128 valence electrons. The summed E-state index contributed by atoms with van der Waals surface area (Å²) in [7, 11) is 0. The Morgan fingerprint density at radius 1 is 1.08 bits per heavy atom. The van der Waals surface area contributed by atoms with E-state index in [4.69, 9.17) is 4.74 Å². The highest BCUT2D eigenvalue weighted by Gasteiger charge is 2.20. The number of rotatable bonds is 5. The fourth-order valence-electron chi connectivity index (χ4n) is 2.38. The highest BCUT2D eigenvalue weighted by molar-refractivity contribution is 6.05. The predicted molar refractivity (Wildman–Crippen MR) is 84.9 cm³/mol. The Labute approximate surface area is 140 Å². The number of amides is 3. The zero-order valence-corrected chi connectivity index (χ0v) is 13.3. The average Bonchev–Trinajstić information content (AvgIpc) is 2.78. The minimum Gasteiger partial charge on any atom is -0.454 e. The van der Waals surface area contributed by atoms with Crippen LogP contribution in [-0.2, 0) is 19.1 Å². The van der Waals surface area contributed by atoms with Gasteiger partial charge in [-0.25, -0.2) is 0 Å². The molecule has 1 heterocycles. The van der Waals surface area contributed by atoms with Crippen LogP contribution in [0.25, 0.3) is 0 Å². The van der Waals surface area contributed by atoms with Crippen molar-refractivity contribution < 1.29 is 23.9 Å². The smallest absolute Gasteiger partial charge is 0.326 e. The van der Waals surface area contributed by atoms with Gasteiger partial charge in [-0.1, -0.05) is 24.6 Å². The lowest BCUT2D eigenvalue weighted by atomic mass is 10.2. The van der Waals surface area contributed by atoms with E-state index < -0.39 is 24.4 Å². The number of ether oxygens (including phenoxy) is 1. The molecule has 1 aromatic rings. The highest BCUT2D eigenvalue weighted by atomic mass is 16.5. The minimum absolute atomic E-state index is 0.0758. The van der Waals surface area contributed by atoms with E-state index in [9.17, 15) is 19.2 Å². The number of carbonyl (C=O) groups excluding carboxylic acids is 4. The third-order valence-electron chi connectivity index (χ3n) is 3.64. The Balaban J connectivity index is 1.73. The Kier molecular flexibility index (Phi) is 6.48. The minimum atomic E-state index is -0.709. The van der Waals surface area contributed by atoms with Gasteiger partial charge in [0.05, 0.1) is 0 Å². The molecule has 2 rings (SSSR count). The van der Waals surface area contributed by atoms with E-state index in [0.717, 1.165) is 19.3 Å². The summed E-state index contributed by atoms with van der Waals surface area (Å²) in [4.78, 5) is 48.4. The van der Waals surface area contributed by atoms with Crippen molar-refractivity contribution in [3.63, 3.8) is 0 Å². The number of nitrogens with one attached hydrogen (secondary N) is 1. The van der Waals surface area contributed by atoms with Crippen LogP contribution in [0.4, 0.5) is 0 Å². The van der Waals surface area contributed by atoms with Crippen LogP contribution in [0.3, 0.4) is 0 Å². The largest absolute Gasteiger partial charge is 0.454 e. The van der Waals surface area contributed by atoms with Gasteiger partial charge in [-0.3, -0.25) is 24.5 Å². The summed E-state index contributed by atoms with van der Waals surface area (Å²) < 4.78 is 4.84. The SMILES string of the molecule is O=C(COC(=O)CN1CCCCCC1=O)NC(=O)c1ccccc1. The van der Waals surface area contributed by atoms with Gasteiger partial charge in [0.2, 0.25) is 5.91 Å². The van der Waals surface area contributed by atoms with Crippen LogP contribution in [0.2, 0.25) is 0 Å². The molecule has 0 spiro atoms. The van der Waals surface area contributed by atoms with Gasteiger partial charge < -0.3 is 9.64 Å². The fourth-order valence-corrected chi connectivity index (χ4v) is 2.38. The summed E-state index contributed by atoms with van der Waals surface area (Å²) in [5, 5.41) is 2.14. The molecule has 1 aromatic carbocycles. The lowest BCUT2D eigenvalue weighted by Crippen LogP contribution is -2.38. The van der Waals surface area contributed by atoms with E-state index in [2.05, 4.69) is 5.32 Å². The zero-order valence-electron chi connectivity index (χ0n) is 13.3. The topological polar surface area (TPSA) is 92.8 Å². The molecule has 1 N–H and O–H groups in total. The molecular weight excluding hydrogens is 312 g/mol. The van der Waals surface area contributed by atoms with Gasteiger partial charge in [0, 0.05) is 18.5 Å². The molecule has 1 aliphatic heterocycles. The van der Waals surface area contributed by atoms with Crippen molar-refractivity contribution in [1.29, 1.82) is 0 Å². The van der Waals surface area contributed by atoms with Crippen molar-refractivity contribution in [3.05, 3.63) is 35.9 Å². The molecule has 1 fully saturated rings. The van der Waals surface area contributed by atoms with E-state index in [1.165, 1.54) is 4.90 Å². The Morgan fingerprint density at radius 3 is 2.58 bits per heavy atom. The normalized spacial score (nSPS) is 14.7. The van der Waals surface area contributed by atoms with Gasteiger partial charge in [0.25, 0.3) is 11.8 Å². The van der Waals surface area contributed by atoms with E-state index in [1.807, 2.05) is 0 Å². The molecule has 0 saturated carbocycles. The maximum absolute atomic E-state index is 11.8. The quantitative estimate of drug-likeness (QED) is 0.808. The summed E-state index contributed by atoms with van der Waals surface area (Å²) in [6.45, 7) is -0.204. The Hall–Kier alpha value is -2.70. The summed E-state index contributed by atoms with van der Waals surface area (Å²) in [5.74, 6) is -2.00. The van der Waals surface area contributed by atoms with Gasteiger partial charge >= 0.3 is 5.97 Å². The first kappa shape index (κ1) is 17.7. The molecule has 0 radical (unpaired) electrons. The molecule has 1 saturated heterocycles. The highest BCUT2D eigenvalue weighted by Crippen LogP contribution is 2.10. The van der Waals surface area contributed by atoms with E-state index in [0.29, 0.717) is 18.5 Å². The number of nitrogens with zero attached hydrogens (tertiary/aromatic N) is 1. The van der Waals surface area contributed by atoms with Crippen LogP contribution < -0.4 is 5.32 Å². The van der Waals surface area contributed by atoms with Crippen LogP contribution in [0.1, 0.15) is 36.0 Å². The van der Waals surface area contributed by atoms with Gasteiger partial charge in [-0.15, -0.1) is 0 Å². The third-order valence-corrected chi connectivity index (χ3v) is 3.64. The Morgan fingerprint density at radius 2 is 1.83 bits per heavy atom. The average molecular weight is 332 g/mol. The van der Waals surface area contributed by atoms with Crippen LogP contribution in [0.5, 0.6) is 0 Å². The number of benzene rings is 1. The van der Waals surface area contributed by atoms with E-state index in [1.54, 1.807) is 30.3 Å². The second kappa shape index (κ2) is 8.81. The molecule has 7 heteroatoms. The lowest BCUT2D eigenvalue weighted by Gasteiger charge is -2.19. The summed E-state index contributed by atoms with van der Waals surface area (Å²) in [6, 6.07) is 8.25. The molecule has 0 atom stereocenters. The summed E-state index contributed by atoms with van der Waals surface area (Å²) >= 11 is 0.